The monoisotopic (exact) mass is 1070 g/mol. The van der Waals surface area contributed by atoms with Crippen molar-refractivity contribution in [3.05, 3.63) is 88.6 Å². The molecule has 8 rings (SSSR count). The van der Waals surface area contributed by atoms with E-state index >= 15 is 0 Å². The van der Waals surface area contributed by atoms with E-state index in [0.717, 1.165) is 37.3 Å². The van der Waals surface area contributed by atoms with Crippen molar-refractivity contribution < 1.29 is 53.5 Å². The van der Waals surface area contributed by atoms with Gasteiger partial charge in [-0.25, -0.2) is 31.6 Å². The first-order chi connectivity index (χ1) is 31.7. The predicted octanol–water partition coefficient (Wildman–Crippen LogP) is 7.92. The van der Waals surface area contributed by atoms with Crippen LogP contribution in [0, 0.1) is 3.83 Å². The third-order valence-corrected chi connectivity index (χ3v) is 10.4. The van der Waals surface area contributed by atoms with E-state index in [1.54, 1.807) is 27.4 Å². The lowest BCUT2D eigenvalue weighted by Gasteiger charge is -2.27. The second kappa shape index (κ2) is 22.0. The fraction of sp³-hybridized carbons (Fsp3) is 0.400. The van der Waals surface area contributed by atoms with E-state index in [2.05, 4.69) is 35.7 Å². The van der Waals surface area contributed by atoms with E-state index in [4.69, 9.17) is 5.73 Å². The number of nitrogen functional groups attached to an aromatic ring is 1. The van der Waals surface area contributed by atoms with Crippen molar-refractivity contribution >= 4 is 74.2 Å². The maximum absolute atomic E-state index is 12.5. The highest BCUT2D eigenvalue weighted by Crippen LogP contribution is 2.29. The second-order valence-corrected chi connectivity index (χ2v) is 15.9. The Balaban J connectivity index is 0.000000189. The number of pyridine rings is 2. The molecule has 8 heterocycles. The molecule has 3 N–H and O–H groups in total. The number of alkyl halides is 10. The number of nitrogens with zero attached hydrogens (tertiary/aromatic N) is 12. The molecule has 27 heteroatoms. The van der Waals surface area contributed by atoms with Gasteiger partial charge in [-0.1, -0.05) is 12.2 Å². The second-order valence-electron chi connectivity index (χ2n) is 14.9. The van der Waals surface area contributed by atoms with Crippen molar-refractivity contribution in [3.63, 3.8) is 0 Å². The van der Waals surface area contributed by atoms with Crippen LogP contribution in [0.3, 0.4) is 0 Å². The van der Waals surface area contributed by atoms with Crippen LogP contribution in [0.4, 0.5) is 61.2 Å². The number of fused-ring (bicyclic) bond motifs is 2. The zero-order valence-corrected chi connectivity index (χ0v) is 37.1. The van der Waals surface area contributed by atoms with Crippen molar-refractivity contribution in [2.75, 3.05) is 37.2 Å². The number of carbonyl (C=O) groups is 2. The number of carbonyl (C=O) groups excluding carboxylic acids is 2. The highest BCUT2D eigenvalue weighted by molar-refractivity contribution is 14.1. The van der Waals surface area contributed by atoms with Gasteiger partial charge in [0.05, 0.1) is 36.6 Å². The highest BCUT2D eigenvalue weighted by atomic mass is 127. The minimum absolute atomic E-state index is 0.218. The summed E-state index contributed by atoms with van der Waals surface area (Å²) in [5.41, 5.74) is 11.0. The fourth-order valence-corrected chi connectivity index (χ4v) is 7.31. The average Bonchev–Trinajstić information content (AvgIpc) is 4.08. The Bertz CT molecular complexity index is 2690. The molecule has 0 fully saturated rings. The van der Waals surface area contributed by atoms with Gasteiger partial charge in [0.15, 0.2) is 11.3 Å². The number of anilines is 3. The lowest BCUT2D eigenvalue weighted by Crippen LogP contribution is -2.35. The quantitative estimate of drug-likeness (QED) is 0.0906. The van der Waals surface area contributed by atoms with Gasteiger partial charge < -0.3 is 20.9 Å². The lowest BCUT2D eigenvalue weighted by molar-refractivity contribution is -0.148. The summed E-state index contributed by atoms with van der Waals surface area (Å²) in [4.78, 5) is 35.7. The van der Waals surface area contributed by atoms with Gasteiger partial charge in [0.2, 0.25) is 21.6 Å². The zero-order chi connectivity index (χ0) is 48.5. The molecule has 0 radical (unpaired) electrons. The van der Waals surface area contributed by atoms with Crippen molar-refractivity contribution in [3.8, 4) is 0 Å². The topological polar surface area (TPSA) is 175 Å². The number of rotatable bonds is 12. The molecule has 0 spiro atoms. The smallest absolute Gasteiger partial charge is 0.389 e. The van der Waals surface area contributed by atoms with Crippen LogP contribution in [0.5, 0.6) is 0 Å². The van der Waals surface area contributed by atoms with E-state index in [-0.39, 0.29) is 12.5 Å². The SMILES string of the molecule is Nc1cnn(CC(F)F)c1.O=C(CCC(F)(F)F)N1CC=C(c2cccn3nc(I)nc23)CC1.O=C(CCC(F)(F)F)N1CC=C(c2cccn3nc(Nc4cnn(CC(F)F)c4)nc23)CC1. The third-order valence-electron chi connectivity index (χ3n) is 9.95. The number of hydrogen-bond donors (Lipinski definition) is 2. The molecular weight excluding hydrogens is 1030 g/mol. The molecule has 6 aromatic heterocycles. The molecule has 2 amide bonds. The van der Waals surface area contributed by atoms with Crippen LogP contribution in [0.1, 0.15) is 49.7 Å². The van der Waals surface area contributed by atoms with Gasteiger partial charge in [0.25, 0.3) is 12.9 Å². The number of amides is 2. The van der Waals surface area contributed by atoms with Crippen LogP contribution >= 0.6 is 22.6 Å². The summed E-state index contributed by atoms with van der Waals surface area (Å²) in [5, 5.41) is 18.9. The maximum atomic E-state index is 12.5. The van der Waals surface area contributed by atoms with Crippen molar-refractivity contribution in [1.29, 1.82) is 0 Å². The Labute approximate surface area is 387 Å². The largest absolute Gasteiger partial charge is 0.396 e. The van der Waals surface area contributed by atoms with Crippen LogP contribution in [-0.2, 0) is 22.7 Å². The lowest BCUT2D eigenvalue weighted by atomic mass is 10.00. The zero-order valence-electron chi connectivity index (χ0n) is 35.0. The van der Waals surface area contributed by atoms with E-state index < -0.39 is 75.8 Å². The molecule has 6 aromatic rings. The Morgan fingerprint density at radius 3 is 1.67 bits per heavy atom. The number of aromatic nitrogens is 10. The first-order valence-electron chi connectivity index (χ1n) is 20.3. The van der Waals surface area contributed by atoms with Gasteiger partial charge in [-0.3, -0.25) is 19.0 Å². The number of hydrogen-bond acceptors (Lipinski definition) is 10. The Morgan fingerprint density at radius 1 is 0.716 bits per heavy atom. The predicted molar refractivity (Wildman–Crippen MR) is 232 cm³/mol. The first kappa shape index (κ1) is 50.1. The Kier molecular flexibility index (Phi) is 16.5. The molecule has 0 atom stereocenters. The summed E-state index contributed by atoms with van der Waals surface area (Å²) in [6.07, 6.45) is -3.04. The van der Waals surface area contributed by atoms with Crippen molar-refractivity contribution in [2.24, 2.45) is 0 Å². The molecule has 2 aliphatic rings. The highest BCUT2D eigenvalue weighted by Gasteiger charge is 2.31. The summed E-state index contributed by atoms with van der Waals surface area (Å²) < 4.78 is 128. The minimum Gasteiger partial charge on any atom is -0.396 e. The molecule has 16 nitrogen and oxygen atoms in total. The van der Waals surface area contributed by atoms with Crippen molar-refractivity contribution in [2.45, 2.75) is 76.8 Å². The van der Waals surface area contributed by atoms with E-state index in [1.165, 1.54) is 34.6 Å². The summed E-state index contributed by atoms with van der Waals surface area (Å²) in [6.45, 7) is 0.348. The van der Waals surface area contributed by atoms with Crippen molar-refractivity contribution in [1.82, 2.24) is 58.6 Å². The van der Waals surface area contributed by atoms with E-state index in [1.807, 2.05) is 53.1 Å². The Morgan fingerprint density at radius 2 is 1.21 bits per heavy atom. The molecule has 0 bridgehead atoms. The van der Waals surface area contributed by atoms with Gasteiger partial charge >= 0.3 is 12.4 Å². The van der Waals surface area contributed by atoms with Crippen LogP contribution in [-0.4, -0.2) is 122 Å². The van der Waals surface area contributed by atoms with Gasteiger partial charge in [-0.2, -0.15) is 41.5 Å². The standard InChI is InChI=1S/C20H20F5N7O.C15H14F3IN4O.C5H7F2N3/c21-16(22)12-31-11-14(10-26-31)27-19-28-18-15(2-1-7-32(18)29-19)13-4-8-30(9-5-13)17(33)3-6-20(23,24)25;16-15(17,18)6-3-12(24)22-8-4-10(5-9-22)11-2-1-7-23-13(11)20-14(19)21-23;6-5(7)3-10-2-4(8)1-9-10/h1-2,4,7,10-11,16H,3,5-6,8-9,12H2,(H,27,29);1-2,4,7H,3,5-6,8-9H2;1-2,5H,3,8H2. The number of halogens is 11. The summed E-state index contributed by atoms with van der Waals surface area (Å²) >= 11 is 2.04. The summed E-state index contributed by atoms with van der Waals surface area (Å²) in [6, 6.07) is 7.44. The maximum Gasteiger partial charge on any atom is 0.389 e. The Hall–Kier alpha value is -6.29. The number of nitrogens with one attached hydrogen (secondary N) is 1. The third kappa shape index (κ3) is 14.9. The van der Waals surface area contributed by atoms with Gasteiger partial charge in [-0.15, -0.1) is 10.2 Å². The average molecular weight is 1070 g/mol. The minimum atomic E-state index is -4.36. The van der Waals surface area contributed by atoms with Crippen LogP contribution in [0.25, 0.3) is 22.4 Å². The van der Waals surface area contributed by atoms with Gasteiger partial charge in [0, 0.05) is 97.5 Å². The van der Waals surface area contributed by atoms with E-state index in [9.17, 15) is 53.5 Å². The molecular formula is C40H41F10IN14O2. The summed E-state index contributed by atoms with van der Waals surface area (Å²) in [7, 11) is 0. The molecule has 0 aromatic carbocycles. The molecule has 0 saturated heterocycles. The van der Waals surface area contributed by atoms with Crippen LogP contribution < -0.4 is 11.1 Å². The van der Waals surface area contributed by atoms with Gasteiger partial charge in [0.1, 0.15) is 13.1 Å². The molecule has 360 valence electrons. The van der Waals surface area contributed by atoms with Gasteiger partial charge in [-0.05, 0) is 48.3 Å². The molecule has 0 aliphatic carbocycles. The summed E-state index contributed by atoms with van der Waals surface area (Å²) in [5.74, 6) is -0.737. The molecule has 67 heavy (non-hydrogen) atoms. The fourth-order valence-electron chi connectivity index (χ4n) is 6.85. The first-order valence-corrected chi connectivity index (χ1v) is 21.4. The van der Waals surface area contributed by atoms with Crippen LogP contribution in [0.15, 0.2) is 73.6 Å². The number of nitrogens with two attached hydrogens (primary N) is 1. The molecule has 2 aliphatic heterocycles. The van der Waals surface area contributed by atoms with Crippen LogP contribution in [0.2, 0.25) is 0 Å². The molecule has 0 saturated carbocycles. The normalized spacial score (nSPS) is 14.5. The van der Waals surface area contributed by atoms with E-state index in [0.29, 0.717) is 53.3 Å². The molecule has 0 unspecified atom stereocenters.